The summed E-state index contributed by atoms with van der Waals surface area (Å²) in [5, 5.41) is 0.822. The average molecular weight is 239 g/mol. The molecule has 88 valence electrons. The number of nitrogens with zero attached hydrogens (tertiary/aromatic N) is 1. The predicted octanol–water partition coefficient (Wildman–Crippen LogP) is 2.79. The summed E-state index contributed by atoms with van der Waals surface area (Å²) in [5.41, 5.74) is 8.47. The molecule has 2 nitrogen and oxygen atoms in total. The van der Waals surface area contributed by atoms with E-state index in [2.05, 4.69) is 18.2 Å². The van der Waals surface area contributed by atoms with Crippen molar-refractivity contribution in [2.24, 2.45) is 5.73 Å². The second-order valence-corrected chi connectivity index (χ2v) is 5.31. The lowest BCUT2D eigenvalue weighted by Gasteiger charge is -2.41. The maximum Gasteiger partial charge on any atom is 0.0642 e. The number of halogens is 1. The molecule has 2 rings (SSSR count). The Morgan fingerprint density at radius 2 is 2.06 bits per heavy atom. The Bertz CT molecular complexity index is 378. The first-order valence-electron chi connectivity index (χ1n) is 5.76. The smallest absolute Gasteiger partial charge is 0.0642 e. The monoisotopic (exact) mass is 238 g/mol. The van der Waals surface area contributed by atoms with E-state index in [9.17, 15) is 0 Å². The molecule has 0 aliphatic heterocycles. The van der Waals surface area contributed by atoms with Gasteiger partial charge < -0.3 is 10.6 Å². The predicted molar refractivity (Wildman–Crippen MR) is 70.4 cm³/mol. The van der Waals surface area contributed by atoms with Gasteiger partial charge in [-0.15, -0.1) is 0 Å². The number of hydrogen-bond donors (Lipinski definition) is 1. The molecule has 2 N–H and O–H groups in total. The Balaban J connectivity index is 2.34. The van der Waals surface area contributed by atoms with Gasteiger partial charge in [-0.25, -0.2) is 0 Å². The number of benzene rings is 1. The van der Waals surface area contributed by atoms with Gasteiger partial charge in [-0.1, -0.05) is 24.1 Å². The van der Waals surface area contributed by atoms with Crippen LogP contribution in [0.25, 0.3) is 0 Å². The standard InChI is InChI=1S/C13H19ClN2/c1-16(2)12-5-4-10(8-11(12)14)13(9-15)6-3-7-13/h4-5,8H,3,6-7,9,15H2,1-2H3. The van der Waals surface area contributed by atoms with Gasteiger partial charge in [0.15, 0.2) is 0 Å². The zero-order valence-corrected chi connectivity index (χ0v) is 10.7. The Morgan fingerprint density at radius 1 is 1.38 bits per heavy atom. The van der Waals surface area contributed by atoms with Crippen LogP contribution in [0.4, 0.5) is 5.69 Å². The fraction of sp³-hybridized carbons (Fsp3) is 0.538. The molecule has 0 bridgehead atoms. The van der Waals surface area contributed by atoms with E-state index >= 15 is 0 Å². The van der Waals surface area contributed by atoms with Crippen LogP contribution in [0, 0.1) is 0 Å². The van der Waals surface area contributed by atoms with Crippen molar-refractivity contribution in [3.8, 4) is 0 Å². The summed E-state index contributed by atoms with van der Waals surface area (Å²) >= 11 is 6.29. The third-order valence-electron chi connectivity index (χ3n) is 3.74. The quantitative estimate of drug-likeness (QED) is 0.878. The highest BCUT2D eigenvalue weighted by Gasteiger charge is 2.37. The van der Waals surface area contributed by atoms with Crippen LogP contribution in [-0.4, -0.2) is 20.6 Å². The lowest BCUT2D eigenvalue weighted by atomic mass is 9.64. The highest BCUT2D eigenvalue weighted by molar-refractivity contribution is 6.33. The summed E-state index contributed by atoms with van der Waals surface area (Å²) in [6.07, 6.45) is 3.67. The van der Waals surface area contributed by atoms with Crippen molar-refractivity contribution < 1.29 is 0 Å². The summed E-state index contributed by atoms with van der Waals surface area (Å²) in [6, 6.07) is 6.35. The zero-order chi connectivity index (χ0) is 11.8. The lowest BCUT2D eigenvalue weighted by molar-refractivity contribution is 0.253. The van der Waals surface area contributed by atoms with Crippen LogP contribution >= 0.6 is 11.6 Å². The van der Waals surface area contributed by atoms with Crippen molar-refractivity contribution in [2.75, 3.05) is 25.5 Å². The van der Waals surface area contributed by atoms with E-state index in [1.165, 1.54) is 24.8 Å². The molecule has 0 atom stereocenters. The van der Waals surface area contributed by atoms with Crippen molar-refractivity contribution in [1.29, 1.82) is 0 Å². The molecular formula is C13H19ClN2. The minimum Gasteiger partial charge on any atom is -0.376 e. The zero-order valence-electron chi connectivity index (χ0n) is 9.96. The second kappa shape index (κ2) is 4.27. The minimum absolute atomic E-state index is 0.203. The molecule has 1 saturated carbocycles. The lowest BCUT2D eigenvalue weighted by Crippen LogP contribution is -2.41. The fourth-order valence-corrected chi connectivity index (χ4v) is 2.76. The molecule has 1 aliphatic rings. The van der Waals surface area contributed by atoms with Crippen molar-refractivity contribution in [3.63, 3.8) is 0 Å². The normalized spacial score (nSPS) is 18.0. The van der Waals surface area contributed by atoms with Crippen LogP contribution < -0.4 is 10.6 Å². The van der Waals surface area contributed by atoms with Gasteiger partial charge in [0, 0.05) is 26.1 Å². The van der Waals surface area contributed by atoms with Crippen LogP contribution in [0.3, 0.4) is 0 Å². The van der Waals surface area contributed by atoms with E-state index in [1.54, 1.807) is 0 Å². The Kier molecular flexibility index (Phi) is 3.13. The molecule has 1 aliphatic carbocycles. The Hall–Kier alpha value is -0.730. The largest absolute Gasteiger partial charge is 0.376 e. The second-order valence-electron chi connectivity index (χ2n) is 4.90. The summed E-state index contributed by atoms with van der Waals surface area (Å²) in [5.74, 6) is 0. The molecule has 16 heavy (non-hydrogen) atoms. The van der Waals surface area contributed by atoms with Crippen molar-refractivity contribution >= 4 is 17.3 Å². The average Bonchev–Trinajstić information content (AvgIpc) is 2.16. The van der Waals surface area contributed by atoms with Crippen LogP contribution in [0.1, 0.15) is 24.8 Å². The molecular weight excluding hydrogens is 220 g/mol. The fourth-order valence-electron chi connectivity index (χ4n) is 2.41. The van der Waals surface area contributed by atoms with Gasteiger partial charge in [0.1, 0.15) is 0 Å². The topological polar surface area (TPSA) is 29.3 Å². The summed E-state index contributed by atoms with van der Waals surface area (Å²) in [4.78, 5) is 2.03. The van der Waals surface area contributed by atoms with Crippen LogP contribution in [0.2, 0.25) is 5.02 Å². The molecule has 0 saturated heterocycles. The van der Waals surface area contributed by atoms with Gasteiger partial charge in [-0.2, -0.15) is 0 Å². The molecule has 0 amide bonds. The van der Waals surface area contributed by atoms with Gasteiger partial charge in [0.2, 0.25) is 0 Å². The third-order valence-corrected chi connectivity index (χ3v) is 4.05. The van der Waals surface area contributed by atoms with E-state index < -0.39 is 0 Å². The molecule has 0 heterocycles. The molecule has 1 aromatic rings. The van der Waals surface area contributed by atoms with E-state index in [1.807, 2.05) is 19.0 Å². The maximum atomic E-state index is 6.29. The first-order valence-corrected chi connectivity index (χ1v) is 6.14. The SMILES string of the molecule is CN(C)c1ccc(C2(CN)CCC2)cc1Cl. The highest BCUT2D eigenvalue weighted by Crippen LogP contribution is 2.44. The van der Waals surface area contributed by atoms with Crippen LogP contribution in [-0.2, 0) is 5.41 Å². The summed E-state index contributed by atoms with van der Waals surface area (Å²) in [6.45, 7) is 0.727. The van der Waals surface area contributed by atoms with Gasteiger partial charge in [0.05, 0.1) is 10.7 Å². The third kappa shape index (κ3) is 1.80. The number of rotatable bonds is 3. The number of hydrogen-bond acceptors (Lipinski definition) is 2. The van der Waals surface area contributed by atoms with E-state index in [4.69, 9.17) is 17.3 Å². The molecule has 3 heteroatoms. The number of anilines is 1. The highest BCUT2D eigenvalue weighted by atomic mass is 35.5. The maximum absolute atomic E-state index is 6.29. The molecule has 0 spiro atoms. The summed E-state index contributed by atoms with van der Waals surface area (Å²) < 4.78 is 0. The Labute approximate surface area is 102 Å². The van der Waals surface area contributed by atoms with Gasteiger partial charge in [0.25, 0.3) is 0 Å². The summed E-state index contributed by atoms with van der Waals surface area (Å²) in [7, 11) is 4.01. The van der Waals surface area contributed by atoms with E-state index in [-0.39, 0.29) is 5.41 Å². The van der Waals surface area contributed by atoms with Gasteiger partial charge in [-0.3, -0.25) is 0 Å². The number of nitrogens with two attached hydrogens (primary N) is 1. The van der Waals surface area contributed by atoms with E-state index in [0.717, 1.165) is 17.3 Å². The molecule has 0 unspecified atom stereocenters. The molecule has 1 aromatic carbocycles. The van der Waals surface area contributed by atoms with Crippen molar-refractivity contribution in [2.45, 2.75) is 24.7 Å². The van der Waals surface area contributed by atoms with Crippen LogP contribution in [0.15, 0.2) is 18.2 Å². The molecule has 0 aromatic heterocycles. The Morgan fingerprint density at radius 3 is 2.44 bits per heavy atom. The van der Waals surface area contributed by atoms with E-state index in [0.29, 0.717) is 0 Å². The van der Waals surface area contributed by atoms with Crippen LogP contribution in [0.5, 0.6) is 0 Å². The van der Waals surface area contributed by atoms with Crippen molar-refractivity contribution in [1.82, 2.24) is 0 Å². The minimum atomic E-state index is 0.203. The van der Waals surface area contributed by atoms with Gasteiger partial charge in [-0.05, 0) is 30.5 Å². The molecule has 1 fully saturated rings. The first-order chi connectivity index (χ1) is 7.59. The molecule has 0 radical (unpaired) electrons. The first kappa shape index (κ1) is 11.7. The van der Waals surface area contributed by atoms with Crippen molar-refractivity contribution in [3.05, 3.63) is 28.8 Å². The van der Waals surface area contributed by atoms with Gasteiger partial charge >= 0.3 is 0 Å².